The standard InChI is InChI=1S/C16H10Cl2N2OS2/c17-12-7-10(14(18)23-12)15(21)20-16-19-13-9-4-2-1-3-8(9)5-6-11(13)22-16/h1-4,7H,5-6H2,(H,19,20,21). The normalized spacial score (nSPS) is 12.6. The van der Waals surface area contributed by atoms with Crippen molar-refractivity contribution in [3.63, 3.8) is 0 Å². The molecule has 0 saturated carbocycles. The Balaban J connectivity index is 1.64. The smallest absolute Gasteiger partial charge is 0.259 e. The van der Waals surface area contributed by atoms with Crippen LogP contribution in [0.2, 0.25) is 8.67 Å². The van der Waals surface area contributed by atoms with E-state index < -0.39 is 0 Å². The van der Waals surface area contributed by atoms with Gasteiger partial charge in [-0.2, -0.15) is 0 Å². The molecule has 1 N–H and O–H groups in total. The molecule has 0 radical (unpaired) electrons. The maximum absolute atomic E-state index is 12.3. The molecule has 3 aromatic rings. The molecule has 0 unspecified atom stereocenters. The number of rotatable bonds is 2. The fourth-order valence-corrected chi connectivity index (χ4v) is 5.09. The number of benzene rings is 1. The monoisotopic (exact) mass is 380 g/mol. The first kappa shape index (κ1) is 15.1. The van der Waals surface area contributed by atoms with Crippen LogP contribution in [0.3, 0.4) is 0 Å². The van der Waals surface area contributed by atoms with E-state index in [0.29, 0.717) is 19.4 Å². The number of aryl methyl sites for hydroxylation is 2. The summed E-state index contributed by atoms with van der Waals surface area (Å²) in [5.41, 5.74) is 3.81. The van der Waals surface area contributed by atoms with E-state index in [1.165, 1.54) is 33.1 Å². The van der Waals surface area contributed by atoms with Crippen molar-refractivity contribution in [3.05, 3.63) is 55.0 Å². The van der Waals surface area contributed by atoms with Crippen LogP contribution in [-0.4, -0.2) is 10.9 Å². The fraction of sp³-hybridized carbons (Fsp3) is 0.125. The van der Waals surface area contributed by atoms with Crippen LogP contribution in [0.5, 0.6) is 0 Å². The van der Waals surface area contributed by atoms with Crippen LogP contribution >= 0.6 is 45.9 Å². The number of anilines is 1. The summed E-state index contributed by atoms with van der Waals surface area (Å²) in [6.07, 6.45) is 1.95. The lowest BCUT2D eigenvalue weighted by atomic mass is 9.94. The van der Waals surface area contributed by atoms with Crippen molar-refractivity contribution in [2.24, 2.45) is 0 Å². The maximum Gasteiger partial charge on any atom is 0.259 e. The SMILES string of the molecule is O=C(Nc1nc2c(s1)CCc1ccccc1-2)c1cc(Cl)sc1Cl. The Hall–Kier alpha value is -1.40. The molecular formula is C16H10Cl2N2OS2. The van der Waals surface area contributed by atoms with E-state index >= 15 is 0 Å². The zero-order valence-corrected chi connectivity index (χ0v) is 14.9. The molecular weight excluding hydrogens is 371 g/mol. The van der Waals surface area contributed by atoms with E-state index in [0.717, 1.165) is 24.1 Å². The number of nitrogens with one attached hydrogen (secondary N) is 1. The van der Waals surface area contributed by atoms with E-state index in [9.17, 15) is 4.79 Å². The number of hydrogen-bond acceptors (Lipinski definition) is 4. The lowest BCUT2D eigenvalue weighted by Crippen LogP contribution is -2.11. The van der Waals surface area contributed by atoms with Crippen LogP contribution in [0.25, 0.3) is 11.3 Å². The average molecular weight is 381 g/mol. The van der Waals surface area contributed by atoms with Gasteiger partial charge in [0.15, 0.2) is 5.13 Å². The van der Waals surface area contributed by atoms with Crippen LogP contribution in [0, 0.1) is 0 Å². The predicted molar refractivity (Wildman–Crippen MR) is 97.3 cm³/mol. The van der Waals surface area contributed by atoms with E-state index in [1.54, 1.807) is 6.07 Å². The van der Waals surface area contributed by atoms with Crippen LogP contribution in [0.15, 0.2) is 30.3 Å². The number of thiophene rings is 1. The number of thiazole rings is 1. The Bertz CT molecular complexity index is 917. The predicted octanol–water partition coefficient (Wildman–Crippen LogP) is 5.53. The highest BCUT2D eigenvalue weighted by Gasteiger charge is 2.22. The molecule has 2 heterocycles. The van der Waals surface area contributed by atoms with Gasteiger partial charge >= 0.3 is 0 Å². The summed E-state index contributed by atoms with van der Waals surface area (Å²) in [5, 5.41) is 3.43. The van der Waals surface area contributed by atoms with Crippen LogP contribution in [-0.2, 0) is 12.8 Å². The number of amides is 1. The molecule has 1 aliphatic carbocycles. The molecule has 0 aliphatic heterocycles. The average Bonchev–Trinajstić information content (AvgIpc) is 3.09. The van der Waals surface area contributed by atoms with Gasteiger partial charge in [0.2, 0.25) is 0 Å². The first-order valence-corrected chi connectivity index (χ1v) is 9.35. The highest BCUT2D eigenvalue weighted by Crippen LogP contribution is 2.38. The minimum atomic E-state index is -0.280. The lowest BCUT2D eigenvalue weighted by Gasteiger charge is -2.13. The van der Waals surface area contributed by atoms with Crippen molar-refractivity contribution in [3.8, 4) is 11.3 Å². The van der Waals surface area contributed by atoms with E-state index in [2.05, 4.69) is 22.4 Å². The summed E-state index contributed by atoms with van der Waals surface area (Å²) in [7, 11) is 0. The van der Waals surface area contributed by atoms with Crippen molar-refractivity contribution in [2.75, 3.05) is 5.32 Å². The van der Waals surface area contributed by atoms with Gasteiger partial charge in [0.05, 0.1) is 15.6 Å². The quantitative estimate of drug-likeness (QED) is 0.634. The Morgan fingerprint density at radius 2 is 2.00 bits per heavy atom. The minimum absolute atomic E-state index is 0.280. The van der Waals surface area contributed by atoms with Crippen molar-refractivity contribution in [2.45, 2.75) is 12.8 Å². The Morgan fingerprint density at radius 1 is 1.17 bits per heavy atom. The molecule has 2 aromatic heterocycles. The van der Waals surface area contributed by atoms with Crippen molar-refractivity contribution in [1.29, 1.82) is 0 Å². The van der Waals surface area contributed by atoms with Crippen LogP contribution in [0.1, 0.15) is 20.8 Å². The first-order valence-electron chi connectivity index (χ1n) is 6.96. The largest absolute Gasteiger partial charge is 0.298 e. The number of carbonyl (C=O) groups is 1. The maximum atomic E-state index is 12.3. The fourth-order valence-electron chi connectivity index (χ4n) is 2.66. The first-order chi connectivity index (χ1) is 11.1. The molecule has 1 amide bonds. The lowest BCUT2D eigenvalue weighted by molar-refractivity contribution is 0.102. The topological polar surface area (TPSA) is 42.0 Å². The van der Waals surface area contributed by atoms with Crippen molar-refractivity contribution >= 4 is 56.9 Å². The molecule has 0 spiro atoms. The molecule has 1 aliphatic rings. The highest BCUT2D eigenvalue weighted by molar-refractivity contribution is 7.20. The molecule has 7 heteroatoms. The van der Waals surface area contributed by atoms with Crippen molar-refractivity contribution < 1.29 is 4.79 Å². The molecule has 0 bridgehead atoms. The highest BCUT2D eigenvalue weighted by atomic mass is 35.5. The van der Waals surface area contributed by atoms with Gasteiger partial charge in [-0.3, -0.25) is 10.1 Å². The summed E-state index contributed by atoms with van der Waals surface area (Å²) in [4.78, 5) is 18.1. The molecule has 1 aromatic carbocycles. The van der Waals surface area contributed by atoms with Crippen LogP contribution in [0.4, 0.5) is 5.13 Å². The molecule has 0 atom stereocenters. The van der Waals surface area contributed by atoms with Gasteiger partial charge in [-0.15, -0.1) is 22.7 Å². The number of nitrogens with zero attached hydrogens (tertiary/aromatic N) is 1. The Kier molecular flexibility index (Phi) is 3.89. The van der Waals surface area contributed by atoms with Gasteiger partial charge in [-0.1, -0.05) is 47.5 Å². The number of halogens is 2. The third-order valence-electron chi connectivity index (χ3n) is 3.71. The third-order valence-corrected chi connectivity index (χ3v) is 6.23. The Morgan fingerprint density at radius 3 is 2.78 bits per heavy atom. The second-order valence-corrected chi connectivity index (χ2v) is 8.51. The van der Waals surface area contributed by atoms with Gasteiger partial charge in [-0.25, -0.2) is 4.98 Å². The van der Waals surface area contributed by atoms with E-state index in [-0.39, 0.29) is 5.91 Å². The minimum Gasteiger partial charge on any atom is -0.298 e. The van der Waals surface area contributed by atoms with E-state index in [1.807, 2.05) is 12.1 Å². The van der Waals surface area contributed by atoms with E-state index in [4.69, 9.17) is 23.2 Å². The summed E-state index contributed by atoms with van der Waals surface area (Å²) in [6.45, 7) is 0. The molecule has 3 nitrogen and oxygen atoms in total. The summed E-state index contributed by atoms with van der Waals surface area (Å²) < 4.78 is 0.881. The second-order valence-electron chi connectivity index (χ2n) is 5.14. The van der Waals surface area contributed by atoms with Gasteiger partial charge in [-0.05, 0) is 24.5 Å². The van der Waals surface area contributed by atoms with Crippen molar-refractivity contribution in [1.82, 2.24) is 4.98 Å². The molecule has 0 fully saturated rings. The van der Waals surface area contributed by atoms with Gasteiger partial charge < -0.3 is 0 Å². The molecule has 116 valence electrons. The van der Waals surface area contributed by atoms with Gasteiger partial charge in [0, 0.05) is 10.4 Å². The molecule has 23 heavy (non-hydrogen) atoms. The summed E-state index contributed by atoms with van der Waals surface area (Å²) in [6, 6.07) is 9.84. The number of fused-ring (bicyclic) bond motifs is 3. The van der Waals surface area contributed by atoms with Gasteiger partial charge in [0.1, 0.15) is 4.34 Å². The summed E-state index contributed by atoms with van der Waals surface area (Å²) in [5.74, 6) is -0.280. The zero-order chi connectivity index (χ0) is 16.0. The van der Waals surface area contributed by atoms with Crippen LogP contribution < -0.4 is 5.32 Å². The second kappa shape index (κ2) is 5.91. The third kappa shape index (κ3) is 2.78. The molecule has 0 saturated heterocycles. The number of carbonyl (C=O) groups excluding carboxylic acids is 1. The molecule has 4 rings (SSSR count). The number of hydrogen-bond donors (Lipinski definition) is 1. The zero-order valence-electron chi connectivity index (χ0n) is 11.7. The number of aromatic nitrogens is 1. The van der Waals surface area contributed by atoms with Gasteiger partial charge in [0.25, 0.3) is 5.91 Å². The Labute approximate surface area is 150 Å². The summed E-state index contributed by atoms with van der Waals surface area (Å²) >= 11 is 14.6.